The Morgan fingerprint density at radius 2 is 2.24 bits per heavy atom. The minimum Gasteiger partial charge on any atom is -0.307 e. The lowest BCUT2D eigenvalue weighted by molar-refractivity contribution is 0.0992. The van der Waals surface area contributed by atoms with E-state index in [1.54, 1.807) is 0 Å². The Kier molecular flexibility index (Phi) is 2.40. The minimum atomic E-state index is 0.0162. The predicted molar refractivity (Wildman–Crippen MR) is 66.5 cm³/mol. The van der Waals surface area contributed by atoms with E-state index in [0.29, 0.717) is 10.6 Å². The molecule has 1 aromatic carbocycles. The predicted octanol–water partition coefficient (Wildman–Crippen LogP) is 2.05. The summed E-state index contributed by atoms with van der Waals surface area (Å²) < 4.78 is 3.81. The first kappa shape index (κ1) is 10.4. The molecule has 0 saturated carbocycles. The average molecular weight is 245 g/mol. The zero-order chi connectivity index (χ0) is 11.8. The SMILES string of the molecule is Cc1nnsc1C(=O)N1CCc2ccccc21. The molecule has 86 valence electrons. The van der Waals surface area contributed by atoms with Crippen LogP contribution in [-0.2, 0) is 6.42 Å². The summed E-state index contributed by atoms with van der Waals surface area (Å²) in [6, 6.07) is 8.03. The quantitative estimate of drug-likeness (QED) is 0.772. The highest BCUT2D eigenvalue weighted by Gasteiger charge is 2.27. The second-order valence-corrected chi connectivity index (χ2v) is 4.78. The van der Waals surface area contributed by atoms with Crippen LogP contribution in [0.5, 0.6) is 0 Å². The van der Waals surface area contributed by atoms with Gasteiger partial charge in [0.2, 0.25) is 0 Å². The maximum atomic E-state index is 12.3. The van der Waals surface area contributed by atoms with Gasteiger partial charge in [-0.1, -0.05) is 22.7 Å². The van der Waals surface area contributed by atoms with Gasteiger partial charge in [-0.15, -0.1) is 5.10 Å². The number of carbonyl (C=O) groups excluding carboxylic acids is 1. The van der Waals surface area contributed by atoms with Crippen LogP contribution in [0.15, 0.2) is 24.3 Å². The molecule has 0 saturated heterocycles. The summed E-state index contributed by atoms with van der Waals surface area (Å²) in [6.45, 7) is 2.56. The second kappa shape index (κ2) is 3.92. The van der Waals surface area contributed by atoms with Crippen molar-refractivity contribution in [2.24, 2.45) is 0 Å². The summed E-state index contributed by atoms with van der Waals surface area (Å²) in [4.78, 5) is 14.8. The third kappa shape index (κ3) is 1.63. The maximum Gasteiger partial charge on any atom is 0.271 e. The normalized spacial score (nSPS) is 13.8. The molecule has 0 spiro atoms. The Bertz CT molecular complexity index is 579. The summed E-state index contributed by atoms with van der Waals surface area (Å²) in [5, 5.41) is 3.89. The van der Waals surface area contributed by atoms with Crippen molar-refractivity contribution in [2.75, 3.05) is 11.4 Å². The van der Waals surface area contributed by atoms with Crippen LogP contribution in [0.4, 0.5) is 5.69 Å². The number of rotatable bonds is 1. The van der Waals surface area contributed by atoms with E-state index in [-0.39, 0.29) is 5.91 Å². The van der Waals surface area contributed by atoms with E-state index in [1.165, 1.54) is 17.1 Å². The minimum absolute atomic E-state index is 0.0162. The number of fused-ring (bicyclic) bond motifs is 1. The summed E-state index contributed by atoms with van der Waals surface area (Å²) in [7, 11) is 0. The van der Waals surface area contributed by atoms with Gasteiger partial charge in [0.05, 0.1) is 5.69 Å². The third-order valence-corrected chi connectivity index (χ3v) is 3.79. The van der Waals surface area contributed by atoms with Crippen LogP contribution in [0, 0.1) is 6.92 Å². The van der Waals surface area contributed by atoms with E-state index in [1.807, 2.05) is 30.0 Å². The van der Waals surface area contributed by atoms with Gasteiger partial charge in [-0.2, -0.15) is 0 Å². The molecule has 1 aliphatic heterocycles. The summed E-state index contributed by atoms with van der Waals surface area (Å²) >= 11 is 1.17. The summed E-state index contributed by atoms with van der Waals surface area (Å²) in [5.74, 6) is 0.0162. The van der Waals surface area contributed by atoms with E-state index in [9.17, 15) is 4.79 Å². The molecule has 3 rings (SSSR count). The molecule has 0 atom stereocenters. The topological polar surface area (TPSA) is 46.1 Å². The summed E-state index contributed by atoms with van der Waals surface area (Å²) in [6.07, 6.45) is 0.924. The Morgan fingerprint density at radius 1 is 1.41 bits per heavy atom. The molecule has 4 nitrogen and oxygen atoms in total. The van der Waals surface area contributed by atoms with Gasteiger partial charge in [0, 0.05) is 12.2 Å². The number of nitrogens with zero attached hydrogens (tertiary/aromatic N) is 3. The van der Waals surface area contributed by atoms with Gasteiger partial charge in [-0.25, -0.2) is 0 Å². The first-order valence-corrected chi connectivity index (χ1v) is 6.23. The van der Waals surface area contributed by atoms with Crippen LogP contribution in [0.1, 0.15) is 20.9 Å². The van der Waals surface area contributed by atoms with Crippen molar-refractivity contribution in [3.05, 3.63) is 40.4 Å². The largest absolute Gasteiger partial charge is 0.307 e. The number of aromatic nitrogens is 2. The van der Waals surface area contributed by atoms with Crippen molar-refractivity contribution in [1.29, 1.82) is 0 Å². The molecule has 0 bridgehead atoms. The lowest BCUT2D eigenvalue weighted by Gasteiger charge is -2.15. The van der Waals surface area contributed by atoms with Crippen LogP contribution < -0.4 is 4.90 Å². The smallest absolute Gasteiger partial charge is 0.271 e. The summed E-state index contributed by atoms with van der Waals surface area (Å²) in [5.41, 5.74) is 2.96. The van der Waals surface area contributed by atoms with E-state index < -0.39 is 0 Å². The molecule has 1 aromatic heterocycles. The number of hydrogen-bond acceptors (Lipinski definition) is 4. The molecule has 0 fully saturated rings. The van der Waals surface area contributed by atoms with Gasteiger partial charge < -0.3 is 4.90 Å². The number of para-hydroxylation sites is 1. The third-order valence-electron chi connectivity index (χ3n) is 2.98. The molecule has 0 unspecified atom stereocenters. The standard InChI is InChI=1S/C12H11N3OS/c1-8-11(17-14-13-8)12(16)15-7-6-9-4-2-3-5-10(9)15/h2-5H,6-7H2,1H3. The molecule has 17 heavy (non-hydrogen) atoms. The van der Waals surface area contributed by atoms with E-state index in [0.717, 1.165) is 18.7 Å². The van der Waals surface area contributed by atoms with Gasteiger partial charge >= 0.3 is 0 Å². The van der Waals surface area contributed by atoms with Crippen molar-refractivity contribution in [2.45, 2.75) is 13.3 Å². The number of amides is 1. The molecular formula is C12H11N3OS. The Hall–Kier alpha value is -1.75. The highest BCUT2D eigenvalue weighted by molar-refractivity contribution is 7.08. The van der Waals surface area contributed by atoms with Crippen molar-refractivity contribution >= 4 is 23.1 Å². The van der Waals surface area contributed by atoms with E-state index in [2.05, 4.69) is 15.7 Å². The van der Waals surface area contributed by atoms with Crippen molar-refractivity contribution in [1.82, 2.24) is 9.59 Å². The number of benzene rings is 1. The lowest BCUT2D eigenvalue weighted by atomic mass is 10.2. The maximum absolute atomic E-state index is 12.3. The van der Waals surface area contributed by atoms with Crippen molar-refractivity contribution in [3.8, 4) is 0 Å². The fourth-order valence-corrected chi connectivity index (χ4v) is 2.71. The van der Waals surface area contributed by atoms with Gasteiger partial charge in [0.15, 0.2) is 0 Å². The van der Waals surface area contributed by atoms with Crippen molar-refractivity contribution in [3.63, 3.8) is 0 Å². The monoisotopic (exact) mass is 245 g/mol. The first-order chi connectivity index (χ1) is 8.27. The highest BCUT2D eigenvalue weighted by Crippen LogP contribution is 2.29. The van der Waals surface area contributed by atoms with Crippen LogP contribution in [-0.4, -0.2) is 22.0 Å². The molecule has 2 heterocycles. The van der Waals surface area contributed by atoms with Gasteiger partial charge in [0.25, 0.3) is 5.91 Å². The molecular weight excluding hydrogens is 234 g/mol. The number of carbonyl (C=O) groups is 1. The molecule has 1 aliphatic rings. The Labute approximate surface area is 103 Å². The molecule has 0 N–H and O–H groups in total. The van der Waals surface area contributed by atoms with Crippen LogP contribution in [0.3, 0.4) is 0 Å². The van der Waals surface area contributed by atoms with Crippen LogP contribution in [0.25, 0.3) is 0 Å². The number of aryl methyl sites for hydroxylation is 1. The molecule has 1 amide bonds. The van der Waals surface area contributed by atoms with Crippen LogP contribution in [0.2, 0.25) is 0 Å². The van der Waals surface area contributed by atoms with Crippen molar-refractivity contribution < 1.29 is 4.79 Å². The molecule has 2 aromatic rings. The fraction of sp³-hybridized carbons (Fsp3) is 0.250. The number of hydrogen-bond donors (Lipinski definition) is 0. The Morgan fingerprint density at radius 3 is 3.00 bits per heavy atom. The first-order valence-electron chi connectivity index (χ1n) is 5.46. The average Bonchev–Trinajstić information content (AvgIpc) is 2.94. The van der Waals surface area contributed by atoms with Gasteiger partial charge in [-0.3, -0.25) is 4.79 Å². The van der Waals surface area contributed by atoms with Gasteiger partial charge in [-0.05, 0) is 36.5 Å². The van der Waals surface area contributed by atoms with E-state index >= 15 is 0 Å². The van der Waals surface area contributed by atoms with Crippen LogP contribution >= 0.6 is 11.5 Å². The Balaban J connectivity index is 1.98. The molecule has 0 radical (unpaired) electrons. The lowest BCUT2D eigenvalue weighted by Crippen LogP contribution is -2.28. The fourth-order valence-electron chi connectivity index (χ4n) is 2.10. The second-order valence-electron chi connectivity index (χ2n) is 4.02. The van der Waals surface area contributed by atoms with E-state index in [4.69, 9.17) is 0 Å². The zero-order valence-corrected chi connectivity index (χ0v) is 10.2. The zero-order valence-electron chi connectivity index (χ0n) is 9.38. The highest BCUT2D eigenvalue weighted by atomic mass is 32.1. The number of anilines is 1. The molecule has 0 aliphatic carbocycles. The van der Waals surface area contributed by atoms with Gasteiger partial charge in [0.1, 0.15) is 4.88 Å². The molecule has 5 heteroatoms.